The van der Waals surface area contributed by atoms with Crippen molar-refractivity contribution in [3.05, 3.63) is 65.2 Å². The molecule has 0 aromatic heterocycles. The van der Waals surface area contributed by atoms with Gasteiger partial charge in [0.05, 0.1) is 19.7 Å². The van der Waals surface area contributed by atoms with E-state index in [9.17, 15) is 13.2 Å². The Morgan fingerprint density at radius 3 is 2.00 bits per heavy atom. The van der Waals surface area contributed by atoms with Gasteiger partial charge >= 0.3 is 6.18 Å². The Hall–Kier alpha value is -1.75. The molecule has 1 N–H and O–H groups in total. The Morgan fingerprint density at radius 1 is 0.903 bits per heavy atom. The fourth-order valence-corrected chi connectivity index (χ4v) is 12.8. The van der Waals surface area contributed by atoms with E-state index in [1.165, 1.54) is 17.7 Å². The number of hydrogen-bond donors (Lipinski definition) is 1. The first-order chi connectivity index (χ1) is 14.5. The molecule has 1 unspecified atom stereocenters. The number of anilines is 1. The third kappa shape index (κ3) is 4.71. The number of benzene rings is 2. The molecular formula is C26H36F3NSi. The number of alkyl halides is 3. The Morgan fingerprint density at radius 2 is 1.48 bits per heavy atom. The first-order valence-corrected chi connectivity index (χ1v) is 13.9. The smallest absolute Gasteiger partial charge is 0.378 e. The molecule has 0 saturated carbocycles. The molecule has 2 aromatic carbocycles. The second-order valence-corrected chi connectivity index (χ2v) is 16.2. The summed E-state index contributed by atoms with van der Waals surface area (Å²) in [5.74, 6) is 0.127. The summed E-state index contributed by atoms with van der Waals surface area (Å²) in [6.45, 7) is 14.0. The molecule has 0 amide bonds. The summed E-state index contributed by atoms with van der Waals surface area (Å²) >= 11 is 0. The highest BCUT2D eigenvalue weighted by molar-refractivity contribution is 6.83. The lowest BCUT2D eigenvalue weighted by atomic mass is 9.84. The van der Waals surface area contributed by atoms with Crippen molar-refractivity contribution in [1.29, 1.82) is 0 Å². The van der Waals surface area contributed by atoms with Gasteiger partial charge in [-0.05, 0) is 47.7 Å². The van der Waals surface area contributed by atoms with E-state index >= 15 is 0 Å². The fourth-order valence-electron chi connectivity index (χ4n) is 6.10. The maximum absolute atomic E-state index is 13.5. The molecular weight excluding hydrogens is 411 g/mol. The van der Waals surface area contributed by atoms with Crippen LogP contribution in [-0.4, -0.2) is 8.07 Å². The van der Waals surface area contributed by atoms with Gasteiger partial charge in [0.15, 0.2) is 0 Å². The average molecular weight is 448 g/mol. The third-order valence-corrected chi connectivity index (χ3v) is 15.3. The van der Waals surface area contributed by atoms with E-state index in [1.54, 1.807) is 6.07 Å². The van der Waals surface area contributed by atoms with Crippen molar-refractivity contribution >= 4 is 13.8 Å². The molecule has 0 aliphatic carbocycles. The lowest BCUT2D eigenvalue weighted by Gasteiger charge is -2.47. The second kappa shape index (κ2) is 9.01. The van der Waals surface area contributed by atoms with Crippen LogP contribution in [0.1, 0.15) is 76.6 Å². The molecule has 1 aliphatic rings. The molecule has 0 spiro atoms. The zero-order valence-electron chi connectivity index (χ0n) is 19.6. The maximum Gasteiger partial charge on any atom is 0.416 e. The zero-order chi connectivity index (χ0) is 23.0. The number of hydrogen-bond acceptors (Lipinski definition) is 1. The summed E-state index contributed by atoms with van der Waals surface area (Å²) in [6, 6.07) is 15.7. The SMILES string of the molecule is CC(C)[Si](CC1C[C@@H](c2ccccc2)Nc2ccc(C(F)(F)F)cc21)(C(C)C)C(C)C. The predicted molar refractivity (Wildman–Crippen MR) is 127 cm³/mol. The maximum atomic E-state index is 13.5. The molecule has 0 saturated heterocycles. The van der Waals surface area contributed by atoms with Gasteiger partial charge in [0, 0.05) is 5.69 Å². The van der Waals surface area contributed by atoms with Gasteiger partial charge in [0.2, 0.25) is 0 Å². The number of halogens is 3. The quantitative estimate of drug-likeness (QED) is 0.436. The highest BCUT2D eigenvalue weighted by Crippen LogP contribution is 2.52. The Kier molecular flexibility index (Phi) is 6.95. The van der Waals surface area contributed by atoms with Gasteiger partial charge in [-0.15, -0.1) is 0 Å². The lowest BCUT2D eigenvalue weighted by molar-refractivity contribution is -0.137. The molecule has 0 fully saturated rings. The van der Waals surface area contributed by atoms with E-state index in [0.717, 1.165) is 23.7 Å². The molecule has 1 heterocycles. The Bertz CT molecular complexity index is 852. The molecule has 1 aliphatic heterocycles. The molecule has 2 aromatic rings. The number of nitrogens with one attached hydrogen (secondary N) is 1. The molecule has 2 atom stereocenters. The van der Waals surface area contributed by atoms with E-state index in [2.05, 4.69) is 59.0 Å². The fraction of sp³-hybridized carbons (Fsp3) is 0.538. The summed E-state index contributed by atoms with van der Waals surface area (Å²) in [7, 11) is -1.79. The number of fused-ring (bicyclic) bond motifs is 1. The van der Waals surface area contributed by atoms with Gasteiger partial charge in [-0.2, -0.15) is 13.2 Å². The van der Waals surface area contributed by atoms with Crippen LogP contribution in [0.5, 0.6) is 0 Å². The molecule has 1 nitrogen and oxygen atoms in total. The lowest BCUT2D eigenvalue weighted by Crippen LogP contribution is -2.46. The minimum Gasteiger partial charge on any atom is -0.378 e. The third-order valence-electron chi connectivity index (χ3n) is 7.70. The minimum atomic E-state index is -4.32. The van der Waals surface area contributed by atoms with Gasteiger partial charge in [-0.25, -0.2) is 0 Å². The van der Waals surface area contributed by atoms with Crippen LogP contribution in [0.25, 0.3) is 0 Å². The van der Waals surface area contributed by atoms with Crippen molar-refractivity contribution in [2.75, 3.05) is 5.32 Å². The van der Waals surface area contributed by atoms with E-state index in [0.29, 0.717) is 16.6 Å². The number of rotatable bonds is 6. The van der Waals surface area contributed by atoms with Crippen LogP contribution in [-0.2, 0) is 6.18 Å². The average Bonchev–Trinajstić information content (AvgIpc) is 2.70. The largest absolute Gasteiger partial charge is 0.416 e. The van der Waals surface area contributed by atoms with Crippen molar-refractivity contribution in [2.24, 2.45) is 0 Å². The van der Waals surface area contributed by atoms with E-state index < -0.39 is 19.8 Å². The van der Waals surface area contributed by atoms with Gasteiger partial charge in [-0.1, -0.05) is 88.5 Å². The highest BCUT2D eigenvalue weighted by Gasteiger charge is 2.46. The predicted octanol–water partition coefficient (Wildman–Crippen LogP) is 9.02. The summed E-state index contributed by atoms with van der Waals surface area (Å²) < 4.78 is 40.6. The van der Waals surface area contributed by atoms with Crippen molar-refractivity contribution < 1.29 is 13.2 Å². The molecule has 0 radical (unpaired) electrons. The molecule has 3 rings (SSSR count). The van der Waals surface area contributed by atoms with Gasteiger partial charge in [0.25, 0.3) is 0 Å². The summed E-state index contributed by atoms with van der Waals surface area (Å²) in [5.41, 5.74) is 4.09. The Balaban J connectivity index is 2.09. The van der Waals surface area contributed by atoms with Gasteiger partial charge in [-0.3, -0.25) is 0 Å². The molecule has 5 heteroatoms. The van der Waals surface area contributed by atoms with Crippen LogP contribution in [0.2, 0.25) is 22.7 Å². The zero-order valence-corrected chi connectivity index (χ0v) is 20.6. The summed E-state index contributed by atoms with van der Waals surface area (Å²) in [6.07, 6.45) is -3.49. The molecule has 31 heavy (non-hydrogen) atoms. The van der Waals surface area contributed by atoms with Gasteiger partial charge in [0.1, 0.15) is 0 Å². The summed E-state index contributed by atoms with van der Waals surface area (Å²) in [5, 5.41) is 3.54. The van der Waals surface area contributed by atoms with Crippen LogP contribution in [0, 0.1) is 0 Å². The van der Waals surface area contributed by atoms with E-state index in [1.807, 2.05) is 18.2 Å². The van der Waals surface area contributed by atoms with Crippen LogP contribution < -0.4 is 5.32 Å². The first-order valence-electron chi connectivity index (χ1n) is 11.5. The van der Waals surface area contributed by atoms with E-state index in [4.69, 9.17) is 0 Å². The second-order valence-electron chi connectivity index (χ2n) is 10.1. The van der Waals surface area contributed by atoms with Crippen LogP contribution in [0.3, 0.4) is 0 Å². The van der Waals surface area contributed by atoms with Crippen LogP contribution in [0.4, 0.5) is 18.9 Å². The van der Waals surface area contributed by atoms with Crippen molar-refractivity contribution in [1.82, 2.24) is 0 Å². The molecule has 170 valence electrons. The van der Waals surface area contributed by atoms with Gasteiger partial charge < -0.3 is 5.32 Å². The normalized spacial score (nSPS) is 19.6. The first kappa shape index (κ1) is 23.9. The monoisotopic (exact) mass is 447 g/mol. The summed E-state index contributed by atoms with van der Waals surface area (Å²) in [4.78, 5) is 0. The van der Waals surface area contributed by atoms with Crippen LogP contribution in [0.15, 0.2) is 48.5 Å². The topological polar surface area (TPSA) is 12.0 Å². The van der Waals surface area contributed by atoms with E-state index in [-0.39, 0.29) is 12.0 Å². The van der Waals surface area contributed by atoms with Crippen molar-refractivity contribution in [3.8, 4) is 0 Å². The standard InChI is InChI=1S/C26H36F3NSi/c1-17(2)31(18(3)4,19(5)6)16-21-14-25(20-10-8-7-9-11-20)30-24-13-12-22(15-23(21)24)26(27,28)29/h7-13,15,17-19,21,25,30H,14,16H2,1-6H3/t21?,25-/m0/s1. The highest BCUT2D eigenvalue weighted by atomic mass is 28.3. The van der Waals surface area contributed by atoms with Crippen molar-refractivity contribution in [2.45, 2.75) is 88.8 Å². The van der Waals surface area contributed by atoms with Crippen molar-refractivity contribution in [3.63, 3.8) is 0 Å². The minimum absolute atomic E-state index is 0.119. The van der Waals surface area contributed by atoms with Crippen LogP contribution >= 0.6 is 0 Å². The molecule has 0 bridgehead atoms. The Labute approximate surface area is 186 Å².